The predicted molar refractivity (Wildman–Crippen MR) is 94.7 cm³/mol. The number of aromatic nitrogens is 3. The first-order chi connectivity index (χ1) is 11.2. The first-order valence-corrected chi connectivity index (χ1v) is 8.78. The van der Waals surface area contributed by atoms with E-state index in [1.54, 1.807) is 4.90 Å². The summed E-state index contributed by atoms with van der Waals surface area (Å²) in [6.07, 6.45) is 2.99. The fourth-order valence-electron chi connectivity index (χ4n) is 3.02. The predicted octanol–water partition coefficient (Wildman–Crippen LogP) is 2.87. The number of hydrogen-bond acceptors (Lipinski definition) is 5. The maximum atomic E-state index is 12.2. The molecule has 0 aromatic carbocycles. The largest absolute Gasteiger partial charge is 0.444 e. The van der Waals surface area contributed by atoms with Gasteiger partial charge in [0.05, 0.1) is 0 Å². The van der Waals surface area contributed by atoms with Crippen LogP contribution in [0.1, 0.15) is 32.9 Å². The summed E-state index contributed by atoms with van der Waals surface area (Å²) in [5.74, 6) is 0.823. The fourth-order valence-corrected chi connectivity index (χ4v) is 3.65. The van der Waals surface area contributed by atoms with Crippen LogP contribution in [0.5, 0.6) is 0 Å². The van der Waals surface area contributed by atoms with E-state index in [4.69, 9.17) is 10.5 Å². The van der Waals surface area contributed by atoms with Crippen LogP contribution in [0.25, 0.3) is 5.52 Å². The highest BCUT2D eigenvalue weighted by Crippen LogP contribution is 2.29. The molecule has 1 amide bonds. The Labute approximate surface area is 149 Å². The van der Waals surface area contributed by atoms with E-state index in [1.807, 2.05) is 31.4 Å². The third-order valence-electron chi connectivity index (χ3n) is 4.05. The molecule has 24 heavy (non-hydrogen) atoms. The van der Waals surface area contributed by atoms with Crippen LogP contribution in [0.2, 0.25) is 0 Å². The number of rotatable bonds is 2. The average Bonchev–Trinajstić information content (AvgIpc) is 3.04. The van der Waals surface area contributed by atoms with E-state index in [9.17, 15) is 4.79 Å². The molecule has 1 unspecified atom stereocenters. The standard InChI is InChI=1S/C16H22BrN5O2/c1-16(2,3)24-15(23)21-5-4-10(8-21)6-11-7-12(17)13-14(18)19-9-20-22(11)13/h7,9-10H,4-6,8H2,1-3H3,(H2,18,19,20). The van der Waals surface area contributed by atoms with Gasteiger partial charge in [-0.2, -0.15) is 5.10 Å². The number of nitrogens with zero attached hydrogens (tertiary/aromatic N) is 4. The number of hydrogen-bond donors (Lipinski definition) is 1. The summed E-state index contributed by atoms with van der Waals surface area (Å²) in [6.45, 7) is 7.06. The van der Waals surface area contributed by atoms with Crippen molar-refractivity contribution in [2.75, 3.05) is 18.8 Å². The zero-order chi connectivity index (χ0) is 17.5. The van der Waals surface area contributed by atoms with Crippen molar-refractivity contribution >= 4 is 33.4 Å². The zero-order valence-corrected chi connectivity index (χ0v) is 15.7. The van der Waals surface area contributed by atoms with Crippen molar-refractivity contribution in [1.29, 1.82) is 0 Å². The third kappa shape index (κ3) is 3.48. The van der Waals surface area contributed by atoms with Gasteiger partial charge in [-0.1, -0.05) is 0 Å². The lowest BCUT2D eigenvalue weighted by Gasteiger charge is -2.24. The Hall–Kier alpha value is -1.83. The maximum absolute atomic E-state index is 12.2. The number of halogens is 1. The molecule has 8 heteroatoms. The highest BCUT2D eigenvalue weighted by molar-refractivity contribution is 9.10. The SMILES string of the molecule is CC(C)(C)OC(=O)N1CCC(Cc2cc(Br)c3c(N)ncnn23)C1. The van der Waals surface area contributed by atoms with Gasteiger partial charge in [-0.15, -0.1) is 0 Å². The molecule has 3 heterocycles. The Balaban J connectivity index is 1.70. The molecule has 7 nitrogen and oxygen atoms in total. The number of ether oxygens (including phenoxy) is 1. The number of carbonyl (C=O) groups is 1. The van der Waals surface area contributed by atoms with Crippen molar-refractivity contribution in [1.82, 2.24) is 19.5 Å². The number of nitrogens with two attached hydrogens (primary N) is 1. The van der Waals surface area contributed by atoms with Crippen LogP contribution in [0, 0.1) is 5.92 Å². The Morgan fingerprint density at radius 3 is 2.96 bits per heavy atom. The minimum Gasteiger partial charge on any atom is -0.444 e. The number of likely N-dealkylation sites (tertiary alicyclic amines) is 1. The van der Waals surface area contributed by atoms with Crippen molar-refractivity contribution in [2.24, 2.45) is 5.92 Å². The van der Waals surface area contributed by atoms with E-state index >= 15 is 0 Å². The molecule has 1 saturated heterocycles. The summed E-state index contributed by atoms with van der Waals surface area (Å²) in [5.41, 5.74) is 7.31. The lowest BCUT2D eigenvalue weighted by Crippen LogP contribution is -2.35. The summed E-state index contributed by atoms with van der Waals surface area (Å²) in [4.78, 5) is 18.0. The molecule has 2 aromatic rings. The average molecular weight is 396 g/mol. The minimum atomic E-state index is -0.466. The maximum Gasteiger partial charge on any atom is 0.410 e. The molecule has 0 saturated carbocycles. The molecule has 3 rings (SSSR count). The lowest BCUT2D eigenvalue weighted by molar-refractivity contribution is 0.0288. The summed E-state index contributed by atoms with van der Waals surface area (Å²) < 4.78 is 8.16. The van der Waals surface area contributed by atoms with Gasteiger partial charge in [-0.05, 0) is 61.5 Å². The van der Waals surface area contributed by atoms with Crippen LogP contribution in [-0.4, -0.2) is 44.3 Å². The van der Waals surface area contributed by atoms with E-state index in [-0.39, 0.29) is 6.09 Å². The molecule has 2 N–H and O–H groups in total. The van der Waals surface area contributed by atoms with Gasteiger partial charge in [-0.3, -0.25) is 0 Å². The lowest BCUT2D eigenvalue weighted by atomic mass is 10.0. The summed E-state index contributed by atoms with van der Waals surface area (Å²) in [7, 11) is 0. The topological polar surface area (TPSA) is 85.8 Å². The second kappa shape index (κ2) is 6.23. The minimum absolute atomic E-state index is 0.238. The molecular weight excluding hydrogens is 374 g/mol. The molecule has 1 fully saturated rings. The van der Waals surface area contributed by atoms with Crippen molar-refractivity contribution in [2.45, 2.75) is 39.2 Å². The smallest absolute Gasteiger partial charge is 0.410 e. The molecule has 0 aliphatic carbocycles. The number of amides is 1. The van der Waals surface area contributed by atoms with Gasteiger partial charge >= 0.3 is 6.09 Å². The molecular formula is C16H22BrN5O2. The molecule has 1 atom stereocenters. The fraction of sp³-hybridized carbons (Fsp3) is 0.562. The Morgan fingerprint density at radius 2 is 2.25 bits per heavy atom. The monoisotopic (exact) mass is 395 g/mol. The summed E-state index contributed by atoms with van der Waals surface area (Å²) in [6, 6.07) is 2.02. The van der Waals surface area contributed by atoms with Crippen molar-refractivity contribution < 1.29 is 9.53 Å². The summed E-state index contributed by atoms with van der Waals surface area (Å²) in [5, 5.41) is 4.30. The highest BCUT2D eigenvalue weighted by atomic mass is 79.9. The van der Waals surface area contributed by atoms with Gasteiger partial charge in [-0.25, -0.2) is 14.3 Å². The number of anilines is 1. The normalized spacial score (nSPS) is 18.3. The van der Waals surface area contributed by atoms with E-state index in [0.717, 1.165) is 35.1 Å². The van der Waals surface area contributed by atoms with E-state index in [2.05, 4.69) is 26.0 Å². The molecule has 1 aliphatic heterocycles. The van der Waals surface area contributed by atoms with Gasteiger partial charge in [0.15, 0.2) is 5.82 Å². The second-order valence-electron chi connectivity index (χ2n) is 7.17. The van der Waals surface area contributed by atoms with Gasteiger partial charge in [0.1, 0.15) is 17.4 Å². The van der Waals surface area contributed by atoms with E-state index in [0.29, 0.717) is 18.3 Å². The molecule has 1 aliphatic rings. The van der Waals surface area contributed by atoms with Crippen LogP contribution < -0.4 is 5.73 Å². The Bertz CT molecular complexity index is 768. The molecule has 2 aromatic heterocycles. The molecule has 0 spiro atoms. The van der Waals surface area contributed by atoms with Crippen molar-refractivity contribution in [3.63, 3.8) is 0 Å². The van der Waals surface area contributed by atoms with Crippen LogP contribution in [0.15, 0.2) is 16.9 Å². The first kappa shape index (κ1) is 17.0. The number of fused-ring (bicyclic) bond motifs is 1. The zero-order valence-electron chi connectivity index (χ0n) is 14.1. The Kier molecular flexibility index (Phi) is 4.42. The van der Waals surface area contributed by atoms with Crippen LogP contribution in [0.3, 0.4) is 0 Å². The van der Waals surface area contributed by atoms with Crippen LogP contribution in [0.4, 0.5) is 10.6 Å². The second-order valence-corrected chi connectivity index (χ2v) is 8.03. The number of nitrogen functional groups attached to an aromatic ring is 1. The van der Waals surface area contributed by atoms with Crippen molar-refractivity contribution in [3.8, 4) is 0 Å². The van der Waals surface area contributed by atoms with Gasteiger partial charge in [0, 0.05) is 23.3 Å². The highest BCUT2D eigenvalue weighted by Gasteiger charge is 2.30. The Morgan fingerprint density at radius 1 is 1.50 bits per heavy atom. The first-order valence-electron chi connectivity index (χ1n) is 7.99. The quantitative estimate of drug-likeness (QED) is 0.844. The number of carbonyl (C=O) groups excluding carboxylic acids is 1. The van der Waals surface area contributed by atoms with Gasteiger partial charge in [0.25, 0.3) is 0 Å². The van der Waals surface area contributed by atoms with Crippen LogP contribution >= 0.6 is 15.9 Å². The van der Waals surface area contributed by atoms with Gasteiger partial charge < -0.3 is 15.4 Å². The van der Waals surface area contributed by atoms with E-state index < -0.39 is 5.60 Å². The molecule has 130 valence electrons. The molecule has 0 bridgehead atoms. The summed E-state index contributed by atoms with van der Waals surface area (Å²) >= 11 is 3.52. The van der Waals surface area contributed by atoms with E-state index in [1.165, 1.54) is 6.33 Å². The third-order valence-corrected chi connectivity index (χ3v) is 4.65. The van der Waals surface area contributed by atoms with Crippen LogP contribution in [-0.2, 0) is 11.2 Å². The molecule has 0 radical (unpaired) electrons. The van der Waals surface area contributed by atoms with Crippen molar-refractivity contribution in [3.05, 3.63) is 22.6 Å². The van der Waals surface area contributed by atoms with Gasteiger partial charge in [0.2, 0.25) is 0 Å².